The van der Waals surface area contributed by atoms with Crippen LogP contribution >= 0.6 is 0 Å². The van der Waals surface area contributed by atoms with E-state index in [0.29, 0.717) is 5.56 Å². The van der Waals surface area contributed by atoms with Crippen LogP contribution in [0.1, 0.15) is 11.1 Å². The first-order valence-electron chi connectivity index (χ1n) is 6.30. The summed E-state index contributed by atoms with van der Waals surface area (Å²) in [5.41, 5.74) is 2.89. The Kier molecular flexibility index (Phi) is 4.03. The zero-order chi connectivity index (χ0) is 13.8. The number of aliphatic carboxylic acids is 1. The minimum atomic E-state index is -0.775. The van der Waals surface area contributed by atoms with Crippen LogP contribution in [0.15, 0.2) is 18.2 Å². The molecule has 0 amide bonds. The minimum absolute atomic E-state index is 0.111. The van der Waals surface area contributed by atoms with Crippen molar-refractivity contribution in [2.24, 2.45) is 0 Å². The SMILES string of the molecule is Cc1cc(C#N)ccc1N1CCN(CC(=O)O)CC1. The second kappa shape index (κ2) is 5.72. The van der Waals surface area contributed by atoms with Crippen molar-refractivity contribution >= 4 is 11.7 Å². The summed E-state index contributed by atoms with van der Waals surface area (Å²) < 4.78 is 0. The number of hydrogen-bond donors (Lipinski definition) is 1. The van der Waals surface area contributed by atoms with Crippen LogP contribution in [0.25, 0.3) is 0 Å². The molecule has 100 valence electrons. The van der Waals surface area contributed by atoms with E-state index < -0.39 is 5.97 Å². The van der Waals surface area contributed by atoms with Gasteiger partial charge in [-0.25, -0.2) is 0 Å². The fourth-order valence-electron chi connectivity index (χ4n) is 2.42. The number of nitriles is 1. The summed E-state index contributed by atoms with van der Waals surface area (Å²) in [6.07, 6.45) is 0. The third-order valence-corrected chi connectivity index (χ3v) is 3.40. The van der Waals surface area contributed by atoms with Gasteiger partial charge in [0.05, 0.1) is 18.2 Å². The minimum Gasteiger partial charge on any atom is -0.480 e. The van der Waals surface area contributed by atoms with Gasteiger partial charge >= 0.3 is 5.97 Å². The Morgan fingerprint density at radius 3 is 2.58 bits per heavy atom. The summed E-state index contributed by atoms with van der Waals surface area (Å²) in [4.78, 5) is 14.8. The molecule has 1 saturated heterocycles. The van der Waals surface area contributed by atoms with Gasteiger partial charge < -0.3 is 10.0 Å². The molecule has 19 heavy (non-hydrogen) atoms. The largest absolute Gasteiger partial charge is 0.480 e. The second-order valence-corrected chi connectivity index (χ2v) is 4.77. The fourth-order valence-corrected chi connectivity index (χ4v) is 2.42. The Hall–Kier alpha value is -2.06. The predicted molar refractivity (Wildman–Crippen MR) is 72.2 cm³/mol. The zero-order valence-corrected chi connectivity index (χ0v) is 11.0. The van der Waals surface area contributed by atoms with E-state index in [-0.39, 0.29) is 6.54 Å². The molecule has 1 aromatic rings. The molecule has 1 N–H and O–H groups in total. The number of aryl methyl sites for hydroxylation is 1. The van der Waals surface area contributed by atoms with Gasteiger partial charge in [0.1, 0.15) is 0 Å². The smallest absolute Gasteiger partial charge is 0.317 e. The summed E-state index contributed by atoms with van der Waals surface area (Å²) in [6, 6.07) is 7.82. The Balaban J connectivity index is 2.02. The quantitative estimate of drug-likeness (QED) is 0.879. The Morgan fingerprint density at radius 2 is 2.05 bits per heavy atom. The van der Waals surface area contributed by atoms with Crippen LogP contribution in [0, 0.1) is 18.3 Å². The molecule has 0 bridgehead atoms. The van der Waals surface area contributed by atoms with E-state index in [4.69, 9.17) is 10.4 Å². The maximum Gasteiger partial charge on any atom is 0.317 e. The van der Waals surface area contributed by atoms with Gasteiger partial charge in [0, 0.05) is 31.9 Å². The van der Waals surface area contributed by atoms with Crippen LogP contribution in [0.5, 0.6) is 0 Å². The number of carboxylic acid groups (broad SMARTS) is 1. The molecule has 0 unspecified atom stereocenters. The highest BCUT2D eigenvalue weighted by Gasteiger charge is 2.19. The van der Waals surface area contributed by atoms with E-state index in [9.17, 15) is 4.79 Å². The molecule has 1 aromatic carbocycles. The second-order valence-electron chi connectivity index (χ2n) is 4.77. The predicted octanol–water partition coefficient (Wildman–Crippen LogP) is 1.07. The maximum atomic E-state index is 10.7. The molecule has 0 radical (unpaired) electrons. The van der Waals surface area contributed by atoms with Crippen LogP contribution in [0.3, 0.4) is 0 Å². The molecule has 1 fully saturated rings. The Labute approximate surface area is 112 Å². The van der Waals surface area contributed by atoms with E-state index in [1.807, 2.05) is 30.0 Å². The number of carbonyl (C=O) groups is 1. The normalized spacial score (nSPS) is 16.1. The first-order valence-corrected chi connectivity index (χ1v) is 6.30. The molecule has 5 heteroatoms. The summed E-state index contributed by atoms with van der Waals surface area (Å²) in [7, 11) is 0. The lowest BCUT2D eigenvalue weighted by Crippen LogP contribution is -2.48. The third kappa shape index (κ3) is 3.24. The van der Waals surface area contributed by atoms with Gasteiger partial charge in [0.25, 0.3) is 0 Å². The van der Waals surface area contributed by atoms with Crippen LogP contribution in [-0.4, -0.2) is 48.7 Å². The van der Waals surface area contributed by atoms with Crippen LogP contribution in [-0.2, 0) is 4.79 Å². The van der Waals surface area contributed by atoms with Crippen molar-refractivity contribution < 1.29 is 9.90 Å². The van der Waals surface area contributed by atoms with Gasteiger partial charge in [-0.15, -0.1) is 0 Å². The average molecular weight is 259 g/mol. The van der Waals surface area contributed by atoms with Crippen molar-refractivity contribution in [3.05, 3.63) is 29.3 Å². The topological polar surface area (TPSA) is 67.6 Å². The fraction of sp³-hybridized carbons (Fsp3) is 0.429. The molecule has 0 aromatic heterocycles. The third-order valence-electron chi connectivity index (χ3n) is 3.40. The van der Waals surface area contributed by atoms with Gasteiger partial charge in [0.15, 0.2) is 0 Å². The van der Waals surface area contributed by atoms with Gasteiger partial charge in [-0.05, 0) is 30.7 Å². The molecule has 0 saturated carbocycles. The number of anilines is 1. The van der Waals surface area contributed by atoms with Crippen LogP contribution in [0.4, 0.5) is 5.69 Å². The molecule has 2 rings (SSSR count). The first-order chi connectivity index (χ1) is 9.10. The zero-order valence-electron chi connectivity index (χ0n) is 11.0. The Bertz CT molecular complexity index is 514. The van der Waals surface area contributed by atoms with Gasteiger partial charge in [-0.3, -0.25) is 9.69 Å². The molecule has 0 spiro atoms. The van der Waals surface area contributed by atoms with Gasteiger partial charge in [-0.2, -0.15) is 5.26 Å². The summed E-state index contributed by atoms with van der Waals surface area (Å²) in [5, 5.41) is 17.6. The lowest BCUT2D eigenvalue weighted by molar-refractivity contribution is -0.138. The first kappa shape index (κ1) is 13.4. The van der Waals surface area contributed by atoms with Crippen molar-refractivity contribution in [3.63, 3.8) is 0 Å². The van der Waals surface area contributed by atoms with Gasteiger partial charge in [-0.1, -0.05) is 0 Å². The molecular formula is C14H17N3O2. The van der Waals surface area contributed by atoms with Crippen molar-refractivity contribution in [1.29, 1.82) is 5.26 Å². The van der Waals surface area contributed by atoms with Crippen LogP contribution in [0.2, 0.25) is 0 Å². The number of nitrogens with zero attached hydrogens (tertiary/aromatic N) is 3. The highest BCUT2D eigenvalue weighted by molar-refractivity contribution is 5.69. The lowest BCUT2D eigenvalue weighted by atomic mass is 10.1. The monoisotopic (exact) mass is 259 g/mol. The molecule has 1 aliphatic heterocycles. The van der Waals surface area contributed by atoms with E-state index in [2.05, 4.69) is 11.0 Å². The summed E-state index contributed by atoms with van der Waals surface area (Å²) in [5.74, 6) is -0.775. The van der Waals surface area contributed by atoms with Gasteiger partial charge in [0.2, 0.25) is 0 Å². The van der Waals surface area contributed by atoms with E-state index >= 15 is 0 Å². The van der Waals surface area contributed by atoms with Crippen molar-refractivity contribution in [1.82, 2.24) is 4.90 Å². The highest BCUT2D eigenvalue weighted by Crippen LogP contribution is 2.22. The van der Waals surface area contributed by atoms with E-state index in [1.165, 1.54) is 0 Å². The number of hydrogen-bond acceptors (Lipinski definition) is 4. The molecule has 0 atom stereocenters. The van der Waals surface area contributed by atoms with Crippen molar-refractivity contribution in [2.45, 2.75) is 6.92 Å². The number of rotatable bonds is 3. The standard InChI is InChI=1S/C14H17N3O2/c1-11-8-12(9-15)2-3-13(11)17-6-4-16(5-7-17)10-14(18)19/h2-3,8H,4-7,10H2,1H3,(H,18,19). The number of piperazine rings is 1. The molecule has 1 aliphatic rings. The highest BCUT2D eigenvalue weighted by atomic mass is 16.4. The molecule has 1 heterocycles. The number of carboxylic acids is 1. The van der Waals surface area contributed by atoms with E-state index in [0.717, 1.165) is 37.4 Å². The molecular weight excluding hydrogens is 242 g/mol. The molecule has 5 nitrogen and oxygen atoms in total. The van der Waals surface area contributed by atoms with E-state index in [1.54, 1.807) is 0 Å². The average Bonchev–Trinajstić information content (AvgIpc) is 2.39. The molecule has 0 aliphatic carbocycles. The Morgan fingerprint density at radius 1 is 1.37 bits per heavy atom. The summed E-state index contributed by atoms with van der Waals surface area (Å²) >= 11 is 0. The summed E-state index contributed by atoms with van der Waals surface area (Å²) in [6.45, 7) is 5.26. The van der Waals surface area contributed by atoms with Crippen molar-refractivity contribution in [2.75, 3.05) is 37.6 Å². The lowest BCUT2D eigenvalue weighted by Gasteiger charge is -2.36. The maximum absolute atomic E-state index is 10.7. The van der Waals surface area contributed by atoms with Crippen LogP contribution < -0.4 is 4.90 Å². The van der Waals surface area contributed by atoms with Crippen molar-refractivity contribution in [3.8, 4) is 6.07 Å². The number of benzene rings is 1.